The van der Waals surface area contributed by atoms with Crippen molar-refractivity contribution in [1.29, 1.82) is 0 Å². The number of carbonyl (C=O) groups excluding carboxylic acids is 2. The van der Waals surface area contributed by atoms with Gasteiger partial charge in [-0.15, -0.1) is 0 Å². The summed E-state index contributed by atoms with van der Waals surface area (Å²) in [5.74, 6) is -1.19. The van der Waals surface area contributed by atoms with Gasteiger partial charge in [-0.3, -0.25) is 14.4 Å². The first-order chi connectivity index (χ1) is 10.2. The highest BCUT2D eigenvalue weighted by atomic mass is 16.5. The molecule has 0 fully saturated rings. The van der Waals surface area contributed by atoms with E-state index in [4.69, 9.17) is 4.74 Å². The number of amides is 1. The van der Waals surface area contributed by atoms with Gasteiger partial charge < -0.3 is 15.0 Å². The third-order valence-corrected chi connectivity index (χ3v) is 2.70. The molecule has 2 N–H and O–H groups in total. The second kappa shape index (κ2) is 7.04. The Hall–Kier alpha value is -2.89. The van der Waals surface area contributed by atoms with E-state index in [2.05, 4.69) is 10.3 Å². The monoisotopic (exact) mass is 286 g/mol. The molecule has 0 saturated carbocycles. The van der Waals surface area contributed by atoms with E-state index in [1.54, 1.807) is 0 Å². The smallest absolute Gasteiger partial charge is 0.325 e. The van der Waals surface area contributed by atoms with Crippen LogP contribution in [0.3, 0.4) is 0 Å². The fourth-order valence-electron chi connectivity index (χ4n) is 1.64. The lowest BCUT2D eigenvalue weighted by Gasteiger charge is -2.06. The summed E-state index contributed by atoms with van der Waals surface area (Å²) in [6, 6.07) is 12.1. The zero-order chi connectivity index (χ0) is 15.1. The first-order valence-electron chi connectivity index (χ1n) is 6.32. The van der Waals surface area contributed by atoms with E-state index >= 15 is 0 Å². The normalized spacial score (nSPS) is 9.90. The summed E-state index contributed by atoms with van der Waals surface area (Å²) >= 11 is 0. The Kier molecular flexibility index (Phi) is 4.87. The first kappa shape index (κ1) is 14.5. The summed E-state index contributed by atoms with van der Waals surface area (Å²) in [6.07, 6.45) is 1.42. The molecule has 0 aliphatic carbocycles. The molecule has 2 aromatic rings. The standard InChI is InChI=1S/C15H14N2O4/c18-13(21-10-11-5-2-1-3-6-11)9-17-15(20)12-7-4-8-16-14(12)19/h1-8H,9-10H2,(H,16,19)(H,17,20). The van der Waals surface area contributed by atoms with Crippen LogP contribution in [-0.2, 0) is 16.1 Å². The largest absolute Gasteiger partial charge is 0.460 e. The Morgan fingerprint density at radius 3 is 2.57 bits per heavy atom. The molecule has 0 spiro atoms. The molecule has 0 aliphatic heterocycles. The highest BCUT2D eigenvalue weighted by molar-refractivity contribution is 5.95. The molecule has 0 aliphatic rings. The van der Waals surface area contributed by atoms with E-state index in [1.165, 1.54) is 18.3 Å². The highest BCUT2D eigenvalue weighted by Gasteiger charge is 2.11. The summed E-state index contributed by atoms with van der Waals surface area (Å²) < 4.78 is 5.00. The van der Waals surface area contributed by atoms with Crippen molar-refractivity contribution in [2.75, 3.05) is 6.54 Å². The molecular weight excluding hydrogens is 272 g/mol. The molecule has 0 unspecified atom stereocenters. The maximum absolute atomic E-state index is 11.7. The highest BCUT2D eigenvalue weighted by Crippen LogP contribution is 2.00. The number of esters is 1. The number of hydrogen-bond donors (Lipinski definition) is 2. The third kappa shape index (κ3) is 4.31. The molecule has 0 saturated heterocycles. The summed E-state index contributed by atoms with van der Waals surface area (Å²) in [6.45, 7) is -0.151. The lowest BCUT2D eigenvalue weighted by molar-refractivity contribution is -0.143. The fourth-order valence-corrected chi connectivity index (χ4v) is 1.64. The first-order valence-corrected chi connectivity index (χ1v) is 6.32. The molecule has 6 nitrogen and oxygen atoms in total. The van der Waals surface area contributed by atoms with Gasteiger partial charge in [0.1, 0.15) is 18.7 Å². The van der Waals surface area contributed by atoms with Crippen molar-refractivity contribution in [1.82, 2.24) is 10.3 Å². The second-order valence-electron chi connectivity index (χ2n) is 4.24. The van der Waals surface area contributed by atoms with Gasteiger partial charge in [-0.25, -0.2) is 0 Å². The van der Waals surface area contributed by atoms with Crippen molar-refractivity contribution in [2.45, 2.75) is 6.61 Å². The van der Waals surface area contributed by atoms with Crippen LogP contribution in [0.4, 0.5) is 0 Å². The zero-order valence-corrected chi connectivity index (χ0v) is 11.2. The molecule has 0 bridgehead atoms. The van der Waals surface area contributed by atoms with Crippen LogP contribution >= 0.6 is 0 Å². The van der Waals surface area contributed by atoms with Crippen LogP contribution in [0.2, 0.25) is 0 Å². The number of pyridine rings is 1. The third-order valence-electron chi connectivity index (χ3n) is 2.70. The minimum atomic E-state index is -0.617. The van der Waals surface area contributed by atoms with Crippen molar-refractivity contribution in [2.24, 2.45) is 0 Å². The quantitative estimate of drug-likeness (QED) is 0.797. The number of nitrogens with one attached hydrogen (secondary N) is 2. The van der Waals surface area contributed by atoms with E-state index in [9.17, 15) is 14.4 Å². The van der Waals surface area contributed by atoms with Crippen LogP contribution in [0.25, 0.3) is 0 Å². The summed E-state index contributed by atoms with van der Waals surface area (Å²) in [5.41, 5.74) is 0.303. The molecule has 1 aromatic carbocycles. The van der Waals surface area contributed by atoms with Gasteiger partial charge >= 0.3 is 5.97 Å². The summed E-state index contributed by atoms with van der Waals surface area (Å²) in [7, 11) is 0. The van der Waals surface area contributed by atoms with Crippen LogP contribution < -0.4 is 10.9 Å². The number of benzene rings is 1. The molecule has 21 heavy (non-hydrogen) atoms. The van der Waals surface area contributed by atoms with Crippen LogP contribution in [0.5, 0.6) is 0 Å². The van der Waals surface area contributed by atoms with Gasteiger partial charge in [0.25, 0.3) is 11.5 Å². The van der Waals surface area contributed by atoms with E-state index in [0.717, 1.165) is 5.56 Å². The minimum absolute atomic E-state index is 0.0478. The lowest BCUT2D eigenvalue weighted by atomic mass is 10.2. The molecule has 1 amide bonds. The zero-order valence-electron chi connectivity index (χ0n) is 11.2. The number of aromatic nitrogens is 1. The van der Waals surface area contributed by atoms with Gasteiger partial charge in [-0.05, 0) is 17.7 Å². The number of aromatic amines is 1. The predicted octanol–water partition coefficient (Wildman–Crippen LogP) is 0.848. The Bertz CT molecular complexity index is 679. The minimum Gasteiger partial charge on any atom is -0.460 e. The number of carbonyl (C=O) groups is 2. The van der Waals surface area contributed by atoms with E-state index in [-0.39, 0.29) is 18.7 Å². The molecule has 108 valence electrons. The van der Waals surface area contributed by atoms with Crippen LogP contribution in [0, 0.1) is 0 Å². The van der Waals surface area contributed by atoms with E-state index in [1.807, 2.05) is 30.3 Å². The van der Waals surface area contributed by atoms with Gasteiger partial charge in [-0.2, -0.15) is 0 Å². The fraction of sp³-hybridized carbons (Fsp3) is 0.133. The topological polar surface area (TPSA) is 88.3 Å². The van der Waals surface area contributed by atoms with Crippen molar-refractivity contribution >= 4 is 11.9 Å². The van der Waals surface area contributed by atoms with Gasteiger partial charge in [0.2, 0.25) is 0 Å². The van der Waals surface area contributed by atoms with E-state index < -0.39 is 17.4 Å². The Morgan fingerprint density at radius 2 is 1.86 bits per heavy atom. The van der Waals surface area contributed by atoms with E-state index in [0.29, 0.717) is 0 Å². The number of ether oxygens (including phenoxy) is 1. The number of H-pyrrole nitrogens is 1. The maximum atomic E-state index is 11.7. The van der Waals surface area contributed by atoms with Crippen molar-refractivity contribution in [3.63, 3.8) is 0 Å². The molecule has 0 radical (unpaired) electrons. The van der Waals surface area contributed by atoms with Gasteiger partial charge in [-0.1, -0.05) is 30.3 Å². The van der Waals surface area contributed by atoms with Crippen molar-refractivity contribution < 1.29 is 14.3 Å². The van der Waals surface area contributed by atoms with Crippen LogP contribution in [0.1, 0.15) is 15.9 Å². The van der Waals surface area contributed by atoms with Crippen LogP contribution in [-0.4, -0.2) is 23.4 Å². The summed E-state index contributed by atoms with van der Waals surface area (Å²) in [4.78, 5) is 37.0. The number of rotatable bonds is 5. The van der Waals surface area contributed by atoms with Gasteiger partial charge in [0.05, 0.1) is 0 Å². The molecule has 6 heteroatoms. The molecule has 2 rings (SSSR count). The maximum Gasteiger partial charge on any atom is 0.325 e. The SMILES string of the molecule is O=C(CNC(=O)c1ccc[nH]c1=O)OCc1ccccc1. The average Bonchev–Trinajstić information content (AvgIpc) is 2.52. The molecule has 0 atom stereocenters. The average molecular weight is 286 g/mol. The van der Waals surface area contributed by atoms with Gasteiger partial charge in [0, 0.05) is 6.20 Å². The van der Waals surface area contributed by atoms with Crippen molar-refractivity contribution in [3.8, 4) is 0 Å². The predicted molar refractivity (Wildman–Crippen MR) is 75.6 cm³/mol. The molecule has 1 heterocycles. The second-order valence-corrected chi connectivity index (χ2v) is 4.24. The molecule has 1 aromatic heterocycles. The lowest BCUT2D eigenvalue weighted by Crippen LogP contribution is -2.33. The molecular formula is C15H14N2O4. The van der Waals surface area contributed by atoms with Gasteiger partial charge in [0.15, 0.2) is 0 Å². The Labute approximate surface area is 120 Å². The summed E-state index contributed by atoms with van der Waals surface area (Å²) in [5, 5.41) is 2.34. The number of hydrogen-bond acceptors (Lipinski definition) is 4. The van der Waals surface area contributed by atoms with Crippen LogP contribution in [0.15, 0.2) is 53.5 Å². The Morgan fingerprint density at radius 1 is 1.10 bits per heavy atom. The Balaban J connectivity index is 1.80. The van der Waals surface area contributed by atoms with Crippen molar-refractivity contribution in [3.05, 3.63) is 70.1 Å².